The third-order valence-electron chi connectivity index (χ3n) is 4.91. The molecular weight excluding hydrogens is 330 g/mol. The minimum absolute atomic E-state index is 0.00562. The predicted octanol–water partition coefficient (Wildman–Crippen LogP) is 4.16. The van der Waals surface area contributed by atoms with Gasteiger partial charge in [-0.3, -0.25) is 9.59 Å². The van der Waals surface area contributed by atoms with Crippen LogP contribution in [0.2, 0.25) is 0 Å². The fraction of sp³-hybridized carbons (Fsp3) is 0.333. The summed E-state index contributed by atoms with van der Waals surface area (Å²) in [6.45, 7) is 2.35. The van der Waals surface area contributed by atoms with Gasteiger partial charge in [-0.2, -0.15) is 0 Å². The number of hydrogen-bond acceptors (Lipinski definition) is 3. The zero-order chi connectivity index (χ0) is 18.6. The molecule has 5 nitrogen and oxygen atoms in total. The van der Waals surface area contributed by atoms with Crippen molar-refractivity contribution in [1.29, 1.82) is 0 Å². The normalized spacial score (nSPS) is 15.0. The van der Waals surface area contributed by atoms with Crippen LogP contribution in [0.15, 0.2) is 48.5 Å². The number of anilines is 1. The van der Waals surface area contributed by atoms with Crippen LogP contribution in [0.25, 0.3) is 0 Å². The quantitative estimate of drug-likeness (QED) is 0.784. The molecule has 1 amide bonds. The van der Waals surface area contributed by atoms with E-state index in [1.807, 2.05) is 49.4 Å². The second-order valence-corrected chi connectivity index (χ2v) is 6.94. The van der Waals surface area contributed by atoms with Crippen molar-refractivity contribution >= 4 is 17.6 Å². The fourth-order valence-corrected chi connectivity index (χ4v) is 3.16. The number of carbonyl (C=O) groups is 2. The molecule has 1 saturated carbocycles. The molecule has 3 rings (SSSR count). The number of carboxylic acid groups (broad SMARTS) is 1. The van der Waals surface area contributed by atoms with Gasteiger partial charge in [-0.15, -0.1) is 0 Å². The number of nitrogens with one attached hydrogen (secondary N) is 1. The van der Waals surface area contributed by atoms with Crippen molar-refractivity contribution in [3.8, 4) is 5.75 Å². The Labute approximate surface area is 153 Å². The lowest BCUT2D eigenvalue weighted by Gasteiger charge is -2.36. The highest BCUT2D eigenvalue weighted by Gasteiger charge is 2.45. The molecule has 1 aliphatic rings. The van der Waals surface area contributed by atoms with Gasteiger partial charge in [0.25, 0.3) is 0 Å². The number of amides is 1. The van der Waals surface area contributed by atoms with Crippen LogP contribution in [0.3, 0.4) is 0 Å². The van der Waals surface area contributed by atoms with Gasteiger partial charge < -0.3 is 15.2 Å². The first-order chi connectivity index (χ1) is 12.5. The summed E-state index contributed by atoms with van der Waals surface area (Å²) >= 11 is 0. The molecule has 0 saturated heterocycles. The topological polar surface area (TPSA) is 75.6 Å². The molecule has 1 aliphatic carbocycles. The molecule has 2 aromatic rings. The minimum Gasteiger partial charge on any atom is -0.487 e. The molecule has 1 fully saturated rings. The first-order valence-corrected chi connectivity index (χ1v) is 8.79. The Morgan fingerprint density at radius 1 is 1.15 bits per heavy atom. The Bertz CT molecular complexity index is 797. The van der Waals surface area contributed by atoms with Crippen molar-refractivity contribution in [3.05, 3.63) is 59.7 Å². The summed E-state index contributed by atoms with van der Waals surface area (Å²) in [7, 11) is 0. The maximum Gasteiger partial charge on any atom is 0.310 e. The Hall–Kier alpha value is -2.82. The van der Waals surface area contributed by atoms with E-state index in [4.69, 9.17) is 4.74 Å². The average Bonchev–Trinajstić information content (AvgIpc) is 2.59. The molecule has 0 radical (unpaired) electrons. The van der Waals surface area contributed by atoms with Gasteiger partial charge in [0.15, 0.2) is 0 Å². The lowest BCUT2D eigenvalue weighted by atomic mass is 9.66. The van der Waals surface area contributed by atoms with Crippen LogP contribution in [-0.2, 0) is 16.2 Å². The van der Waals surface area contributed by atoms with E-state index in [0.29, 0.717) is 30.9 Å². The fourth-order valence-electron chi connectivity index (χ4n) is 3.16. The van der Waals surface area contributed by atoms with E-state index in [0.717, 1.165) is 17.5 Å². The van der Waals surface area contributed by atoms with Gasteiger partial charge in [-0.05, 0) is 43.0 Å². The van der Waals surface area contributed by atoms with Gasteiger partial charge in [-0.1, -0.05) is 42.8 Å². The first-order valence-electron chi connectivity index (χ1n) is 8.79. The number of carbonyl (C=O) groups excluding carboxylic acids is 1. The van der Waals surface area contributed by atoms with Gasteiger partial charge in [0.05, 0.1) is 11.1 Å². The zero-order valence-electron chi connectivity index (χ0n) is 14.8. The van der Waals surface area contributed by atoms with E-state index in [1.165, 1.54) is 0 Å². The molecule has 136 valence electrons. The predicted molar refractivity (Wildman–Crippen MR) is 99.1 cm³/mol. The lowest BCUT2D eigenvalue weighted by molar-refractivity contribution is -0.157. The van der Waals surface area contributed by atoms with Gasteiger partial charge in [0, 0.05) is 6.42 Å². The van der Waals surface area contributed by atoms with Crippen LogP contribution in [0.5, 0.6) is 5.75 Å². The van der Waals surface area contributed by atoms with Crippen LogP contribution in [0.4, 0.5) is 5.69 Å². The SMILES string of the molecule is Cc1ccc(NC(=O)CC2(C(=O)O)CCC2)c(OCc2ccccc2)c1. The van der Waals surface area contributed by atoms with E-state index < -0.39 is 11.4 Å². The average molecular weight is 353 g/mol. The van der Waals surface area contributed by atoms with Gasteiger partial charge in [-0.25, -0.2) is 0 Å². The van der Waals surface area contributed by atoms with E-state index in [2.05, 4.69) is 5.32 Å². The van der Waals surface area contributed by atoms with E-state index in [-0.39, 0.29) is 12.3 Å². The van der Waals surface area contributed by atoms with Gasteiger partial charge in [0.2, 0.25) is 5.91 Å². The van der Waals surface area contributed by atoms with Crippen molar-refractivity contribution in [2.24, 2.45) is 5.41 Å². The summed E-state index contributed by atoms with van der Waals surface area (Å²) in [6.07, 6.45) is 1.96. The van der Waals surface area contributed by atoms with Gasteiger partial charge in [0.1, 0.15) is 12.4 Å². The summed E-state index contributed by atoms with van der Waals surface area (Å²) in [5.41, 5.74) is 1.72. The second kappa shape index (κ2) is 7.60. The lowest BCUT2D eigenvalue weighted by Crippen LogP contribution is -2.41. The van der Waals surface area contributed by atoms with Crippen molar-refractivity contribution in [2.45, 2.75) is 39.2 Å². The van der Waals surface area contributed by atoms with E-state index in [9.17, 15) is 14.7 Å². The van der Waals surface area contributed by atoms with Crippen molar-refractivity contribution in [2.75, 3.05) is 5.32 Å². The number of hydrogen-bond donors (Lipinski definition) is 2. The van der Waals surface area contributed by atoms with Crippen LogP contribution in [0.1, 0.15) is 36.8 Å². The van der Waals surface area contributed by atoms with Crippen molar-refractivity contribution in [3.63, 3.8) is 0 Å². The standard InChI is InChI=1S/C21H23NO4/c1-15-8-9-17(18(12-15)26-14-16-6-3-2-4-7-16)22-19(23)13-21(20(24)25)10-5-11-21/h2-4,6-9,12H,5,10-11,13-14H2,1H3,(H,22,23)(H,24,25). The summed E-state index contributed by atoms with van der Waals surface area (Å²) in [5, 5.41) is 12.2. The Morgan fingerprint density at radius 3 is 2.50 bits per heavy atom. The molecule has 0 bridgehead atoms. The number of aliphatic carboxylic acids is 1. The molecule has 2 N–H and O–H groups in total. The number of benzene rings is 2. The Kier molecular flexibility index (Phi) is 5.26. The molecule has 0 atom stereocenters. The second-order valence-electron chi connectivity index (χ2n) is 6.94. The molecule has 5 heteroatoms. The van der Waals surface area contributed by atoms with Crippen LogP contribution in [-0.4, -0.2) is 17.0 Å². The largest absolute Gasteiger partial charge is 0.487 e. The summed E-state index contributed by atoms with van der Waals surface area (Å²) in [4.78, 5) is 23.9. The molecule has 0 aliphatic heterocycles. The highest BCUT2D eigenvalue weighted by molar-refractivity contribution is 5.95. The maximum atomic E-state index is 12.4. The molecule has 0 aromatic heterocycles. The minimum atomic E-state index is -0.903. The molecule has 2 aromatic carbocycles. The molecule has 0 unspecified atom stereocenters. The van der Waals surface area contributed by atoms with E-state index >= 15 is 0 Å². The van der Waals surface area contributed by atoms with Crippen LogP contribution < -0.4 is 10.1 Å². The highest BCUT2D eigenvalue weighted by Crippen LogP contribution is 2.44. The third kappa shape index (κ3) is 4.04. The Balaban J connectivity index is 1.69. The van der Waals surface area contributed by atoms with Crippen molar-refractivity contribution in [1.82, 2.24) is 0 Å². The zero-order valence-corrected chi connectivity index (χ0v) is 14.8. The number of ether oxygens (including phenoxy) is 1. The smallest absolute Gasteiger partial charge is 0.310 e. The summed E-state index contributed by atoms with van der Waals surface area (Å²) < 4.78 is 5.89. The summed E-state index contributed by atoms with van der Waals surface area (Å²) in [6, 6.07) is 15.3. The van der Waals surface area contributed by atoms with E-state index in [1.54, 1.807) is 6.07 Å². The molecular formula is C21H23NO4. The first kappa shape index (κ1) is 18.0. The number of aryl methyl sites for hydroxylation is 1. The van der Waals surface area contributed by atoms with Gasteiger partial charge >= 0.3 is 5.97 Å². The summed E-state index contributed by atoms with van der Waals surface area (Å²) in [5.74, 6) is -0.593. The molecule has 0 heterocycles. The van der Waals surface area contributed by atoms with Crippen LogP contribution in [0, 0.1) is 12.3 Å². The monoisotopic (exact) mass is 353 g/mol. The molecule has 26 heavy (non-hydrogen) atoms. The third-order valence-corrected chi connectivity index (χ3v) is 4.91. The molecule has 0 spiro atoms. The Morgan fingerprint density at radius 2 is 1.88 bits per heavy atom. The van der Waals surface area contributed by atoms with Crippen molar-refractivity contribution < 1.29 is 19.4 Å². The maximum absolute atomic E-state index is 12.4. The number of carboxylic acids is 1. The number of rotatable bonds is 7. The van der Waals surface area contributed by atoms with Crippen LogP contribution >= 0.6 is 0 Å². The highest BCUT2D eigenvalue weighted by atomic mass is 16.5.